The molecule has 140 valence electrons. The standard InChI is InChI=1S/C23H30O3/c1-22(2,3)21(25)26-15-6-8-16-14(13-15)5-7-18-17(16)11-12-23(4)19(18)9-10-20(23)24/h6,8,13,17-19H,5,7,9-12H2,1-4H3/t17-,18-,19-,23-/m1/s1. The van der Waals surface area contributed by atoms with Gasteiger partial charge in [-0.25, -0.2) is 0 Å². The molecule has 0 radical (unpaired) electrons. The van der Waals surface area contributed by atoms with Crippen LogP contribution in [0.5, 0.6) is 5.75 Å². The van der Waals surface area contributed by atoms with Crippen LogP contribution in [-0.4, -0.2) is 11.8 Å². The number of hydrogen-bond acceptors (Lipinski definition) is 3. The molecular formula is C23H30O3. The van der Waals surface area contributed by atoms with Crippen molar-refractivity contribution in [3.05, 3.63) is 29.3 Å². The molecule has 3 heteroatoms. The number of fused-ring (bicyclic) bond motifs is 5. The van der Waals surface area contributed by atoms with Gasteiger partial charge in [-0.3, -0.25) is 9.59 Å². The zero-order valence-electron chi connectivity index (χ0n) is 16.4. The Kier molecular flexibility index (Phi) is 4.05. The van der Waals surface area contributed by atoms with Gasteiger partial charge in [0.25, 0.3) is 0 Å². The highest BCUT2D eigenvalue weighted by molar-refractivity contribution is 5.87. The van der Waals surface area contributed by atoms with Gasteiger partial charge in [-0.15, -0.1) is 0 Å². The van der Waals surface area contributed by atoms with Gasteiger partial charge in [-0.1, -0.05) is 13.0 Å². The molecule has 0 amide bonds. The first-order chi connectivity index (χ1) is 12.2. The Morgan fingerprint density at radius 2 is 1.92 bits per heavy atom. The number of Topliss-reactive ketones (excluding diaryl/α,β-unsaturated/α-hetero) is 1. The van der Waals surface area contributed by atoms with E-state index >= 15 is 0 Å². The minimum absolute atomic E-state index is 0.0686. The van der Waals surface area contributed by atoms with E-state index in [-0.39, 0.29) is 11.4 Å². The molecule has 0 unspecified atom stereocenters. The topological polar surface area (TPSA) is 43.4 Å². The van der Waals surface area contributed by atoms with Gasteiger partial charge >= 0.3 is 5.97 Å². The van der Waals surface area contributed by atoms with E-state index in [0.29, 0.717) is 29.3 Å². The number of benzene rings is 1. The van der Waals surface area contributed by atoms with E-state index in [9.17, 15) is 9.59 Å². The third kappa shape index (κ3) is 2.71. The van der Waals surface area contributed by atoms with Crippen LogP contribution >= 0.6 is 0 Å². The Morgan fingerprint density at radius 3 is 2.65 bits per heavy atom. The third-order valence-corrected chi connectivity index (χ3v) is 7.23. The molecular weight excluding hydrogens is 324 g/mol. The second-order valence-electron chi connectivity index (χ2n) is 9.83. The third-order valence-electron chi connectivity index (χ3n) is 7.23. The van der Waals surface area contributed by atoms with Crippen molar-refractivity contribution >= 4 is 11.8 Å². The van der Waals surface area contributed by atoms with Gasteiger partial charge in [-0.2, -0.15) is 0 Å². The van der Waals surface area contributed by atoms with Gasteiger partial charge in [0.15, 0.2) is 0 Å². The van der Waals surface area contributed by atoms with Crippen molar-refractivity contribution in [2.75, 3.05) is 0 Å². The molecule has 0 spiro atoms. The number of carbonyl (C=O) groups is 2. The molecule has 0 N–H and O–H groups in total. The highest BCUT2D eigenvalue weighted by Crippen LogP contribution is 2.59. The fourth-order valence-electron chi connectivity index (χ4n) is 5.65. The van der Waals surface area contributed by atoms with Gasteiger partial charge in [0.2, 0.25) is 0 Å². The van der Waals surface area contributed by atoms with Crippen molar-refractivity contribution in [3.63, 3.8) is 0 Å². The summed E-state index contributed by atoms with van der Waals surface area (Å²) in [6, 6.07) is 6.21. The predicted octanol–water partition coefficient (Wildman–Crippen LogP) is 5.06. The molecule has 2 fully saturated rings. The minimum Gasteiger partial charge on any atom is -0.426 e. The smallest absolute Gasteiger partial charge is 0.316 e. The highest BCUT2D eigenvalue weighted by Gasteiger charge is 2.54. The van der Waals surface area contributed by atoms with Crippen molar-refractivity contribution in [3.8, 4) is 5.75 Å². The normalized spacial score (nSPS) is 33.2. The molecule has 0 aromatic heterocycles. The van der Waals surface area contributed by atoms with E-state index < -0.39 is 5.41 Å². The predicted molar refractivity (Wildman–Crippen MR) is 101 cm³/mol. The lowest BCUT2D eigenvalue weighted by Gasteiger charge is -2.48. The molecule has 4 rings (SSSR count). The first kappa shape index (κ1) is 17.8. The summed E-state index contributed by atoms with van der Waals surface area (Å²) in [5, 5.41) is 0. The Labute approximate surface area is 156 Å². The lowest BCUT2D eigenvalue weighted by molar-refractivity contribution is -0.143. The lowest BCUT2D eigenvalue weighted by Crippen LogP contribution is -2.42. The second kappa shape index (κ2) is 5.94. The maximum Gasteiger partial charge on any atom is 0.316 e. The summed E-state index contributed by atoms with van der Waals surface area (Å²) in [7, 11) is 0. The average molecular weight is 354 g/mol. The molecule has 0 bridgehead atoms. The van der Waals surface area contributed by atoms with Crippen LogP contribution in [0.3, 0.4) is 0 Å². The Bertz CT molecular complexity index is 757. The van der Waals surface area contributed by atoms with Crippen LogP contribution in [-0.2, 0) is 16.0 Å². The van der Waals surface area contributed by atoms with Gasteiger partial charge in [0.05, 0.1) is 5.41 Å². The zero-order valence-corrected chi connectivity index (χ0v) is 16.4. The van der Waals surface area contributed by atoms with Gasteiger partial charge < -0.3 is 4.74 Å². The molecule has 1 aromatic rings. The highest BCUT2D eigenvalue weighted by atomic mass is 16.5. The van der Waals surface area contributed by atoms with Gasteiger partial charge in [-0.05, 0) is 93.9 Å². The molecule has 26 heavy (non-hydrogen) atoms. The summed E-state index contributed by atoms with van der Waals surface area (Å²) >= 11 is 0. The van der Waals surface area contributed by atoms with Crippen molar-refractivity contribution in [1.82, 2.24) is 0 Å². The van der Waals surface area contributed by atoms with E-state index in [1.807, 2.05) is 26.8 Å². The Hall–Kier alpha value is -1.64. The van der Waals surface area contributed by atoms with Crippen molar-refractivity contribution < 1.29 is 14.3 Å². The summed E-state index contributed by atoms with van der Waals surface area (Å²) in [6.45, 7) is 7.84. The Balaban J connectivity index is 1.58. The van der Waals surface area contributed by atoms with Crippen LogP contribution in [0.25, 0.3) is 0 Å². The number of hydrogen-bond donors (Lipinski definition) is 0. The zero-order chi connectivity index (χ0) is 18.7. The summed E-state index contributed by atoms with van der Waals surface area (Å²) in [5.41, 5.74) is 2.20. The van der Waals surface area contributed by atoms with E-state index in [4.69, 9.17) is 4.74 Å². The Morgan fingerprint density at radius 1 is 1.15 bits per heavy atom. The molecule has 3 aliphatic rings. The molecule has 3 aliphatic carbocycles. The number of rotatable bonds is 1. The minimum atomic E-state index is -0.496. The van der Waals surface area contributed by atoms with Crippen LogP contribution in [0.2, 0.25) is 0 Å². The molecule has 1 aromatic carbocycles. The van der Waals surface area contributed by atoms with Gasteiger partial charge in [0, 0.05) is 11.8 Å². The summed E-state index contributed by atoms with van der Waals surface area (Å²) in [4.78, 5) is 24.6. The summed E-state index contributed by atoms with van der Waals surface area (Å²) in [5.74, 6) is 2.73. The lowest BCUT2D eigenvalue weighted by atomic mass is 9.55. The van der Waals surface area contributed by atoms with Gasteiger partial charge in [0.1, 0.15) is 11.5 Å². The molecule has 0 heterocycles. The van der Waals surface area contributed by atoms with Crippen molar-refractivity contribution in [1.29, 1.82) is 0 Å². The number of aryl methyl sites for hydroxylation is 1. The average Bonchev–Trinajstić information content (AvgIpc) is 2.89. The molecule has 0 saturated heterocycles. The van der Waals surface area contributed by atoms with E-state index in [0.717, 1.165) is 38.5 Å². The van der Waals surface area contributed by atoms with E-state index in [2.05, 4.69) is 19.1 Å². The summed E-state index contributed by atoms with van der Waals surface area (Å²) in [6.07, 6.45) is 6.17. The SMILES string of the molecule is CC(C)(C)C(=O)Oc1ccc2c(c1)CC[C@@H]1[C@@H]2CC[C@@]2(C)C(=O)CC[C@H]12. The number of carbonyl (C=O) groups excluding carboxylic acids is 2. The number of esters is 1. The first-order valence-corrected chi connectivity index (χ1v) is 10.1. The maximum atomic E-state index is 12.4. The first-order valence-electron chi connectivity index (χ1n) is 10.1. The number of ketones is 1. The van der Waals surface area contributed by atoms with Crippen LogP contribution in [0.15, 0.2) is 18.2 Å². The van der Waals surface area contributed by atoms with Crippen LogP contribution in [0.4, 0.5) is 0 Å². The quantitative estimate of drug-likeness (QED) is 0.523. The maximum absolute atomic E-state index is 12.4. The summed E-state index contributed by atoms with van der Waals surface area (Å²) < 4.78 is 5.60. The van der Waals surface area contributed by atoms with Crippen LogP contribution in [0.1, 0.15) is 76.8 Å². The fourth-order valence-corrected chi connectivity index (χ4v) is 5.65. The largest absolute Gasteiger partial charge is 0.426 e. The number of ether oxygens (including phenoxy) is 1. The molecule has 2 saturated carbocycles. The molecule has 0 aliphatic heterocycles. The van der Waals surface area contributed by atoms with Crippen molar-refractivity contribution in [2.45, 2.75) is 72.1 Å². The van der Waals surface area contributed by atoms with Crippen LogP contribution in [0, 0.1) is 22.7 Å². The monoisotopic (exact) mass is 354 g/mol. The van der Waals surface area contributed by atoms with Crippen molar-refractivity contribution in [2.24, 2.45) is 22.7 Å². The van der Waals surface area contributed by atoms with Crippen LogP contribution < -0.4 is 4.74 Å². The van der Waals surface area contributed by atoms with E-state index in [1.54, 1.807) is 0 Å². The fraction of sp³-hybridized carbons (Fsp3) is 0.652. The molecule has 3 nitrogen and oxygen atoms in total. The second-order valence-corrected chi connectivity index (χ2v) is 9.83. The van der Waals surface area contributed by atoms with E-state index in [1.165, 1.54) is 11.1 Å². The molecule has 4 atom stereocenters.